The third-order valence-corrected chi connectivity index (χ3v) is 2.96. The Bertz CT molecular complexity index is 816. The van der Waals surface area contributed by atoms with Gasteiger partial charge in [-0.05, 0) is 12.1 Å². The van der Waals surface area contributed by atoms with E-state index in [9.17, 15) is 35.1 Å². The van der Waals surface area contributed by atoms with E-state index in [0.717, 1.165) is 0 Å². The van der Waals surface area contributed by atoms with Crippen LogP contribution < -0.4 is 5.32 Å². The van der Waals surface area contributed by atoms with Gasteiger partial charge in [0.15, 0.2) is 5.69 Å². The van der Waals surface area contributed by atoms with Gasteiger partial charge in [-0.3, -0.25) is 35.1 Å². The predicted octanol–water partition coefficient (Wildman–Crippen LogP) is 2.66. The molecule has 0 fully saturated rings. The average molecular weight is 332 g/mol. The fraction of sp³-hybridized carbons (Fsp3) is 0. The molecule has 0 aliphatic heterocycles. The summed E-state index contributed by atoms with van der Waals surface area (Å²) in [5.74, 6) is -0.823. The standard InChI is InChI=1S/C13H8N4O7/c18-13(8-4-2-1-3-5-8)14-12-10(16(21)22)6-9(15(19)20)7-11(12)17(23)24/h1-7H,(H,14,18). The number of carbonyl (C=O) groups excluding carboxylic acids is 1. The minimum absolute atomic E-state index is 0.111. The van der Waals surface area contributed by atoms with Gasteiger partial charge >= 0.3 is 11.4 Å². The van der Waals surface area contributed by atoms with Crippen LogP contribution in [0.1, 0.15) is 10.4 Å². The van der Waals surface area contributed by atoms with Crippen LogP contribution in [0, 0.1) is 30.3 Å². The van der Waals surface area contributed by atoms with E-state index < -0.39 is 43.4 Å². The van der Waals surface area contributed by atoms with E-state index >= 15 is 0 Å². The average Bonchev–Trinajstić information content (AvgIpc) is 2.54. The van der Waals surface area contributed by atoms with Gasteiger partial charge in [0, 0.05) is 5.56 Å². The number of nitro groups is 3. The number of hydrogen-bond acceptors (Lipinski definition) is 7. The largest absolute Gasteiger partial charge is 0.311 e. The second kappa shape index (κ2) is 6.48. The van der Waals surface area contributed by atoms with Gasteiger partial charge in [0.25, 0.3) is 11.6 Å². The van der Waals surface area contributed by atoms with E-state index in [4.69, 9.17) is 0 Å². The maximum Gasteiger partial charge on any atom is 0.306 e. The van der Waals surface area contributed by atoms with Gasteiger partial charge in [0.2, 0.25) is 0 Å². The Balaban J connectivity index is 2.58. The van der Waals surface area contributed by atoms with E-state index in [1.807, 2.05) is 0 Å². The van der Waals surface area contributed by atoms with Crippen molar-refractivity contribution >= 4 is 28.7 Å². The highest BCUT2D eigenvalue weighted by Crippen LogP contribution is 2.38. The van der Waals surface area contributed by atoms with Gasteiger partial charge in [0.05, 0.1) is 26.9 Å². The van der Waals surface area contributed by atoms with Crippen molar-refractivity contribution in [2.45, 2.75) is 0 Å². The summed E-state index contributed by atoms with van der Waals surface area (Å²) < 4.78 is 0. The Morgan fingerprint density at radius 3 is 1.75 bits per heavy atom. The van der Waals surface area contributed by atoms with Gasteiger partial charge in [-0.15, -0.1) is 0 Å². The molecule has 0 aliphatic rings. The van der Waals surface area contributed by atoms with Crippen LogP contribution in [-0.2, 0) is 0 Å². The number of benzene rings is 2. The molecule has 0 radical (unpaired) electrons. The van der Waals surface area contributed by atoms with Crippen LogP contribution in [0.4, 0.5) is 22.7 Å². The molecule has 0 atom stereocenters. The molecule has 1 N–H and O–H groups in total. The number of hydrogen-bond donors (Lipinski definition) is 1. The van der Waals surface area contributed by atoms with Crippen LogP contribution in [0.2, 0.25) is 0 Å². The minimum atomic E-state index is -1.04. The van der Waals surface area contributed by atoms with Crippen molar-refractivity contribution in [1.82, 2.24) is 0 Å². The van der Waals surface area contributed by atoms with Crippen LogP contribution in [0.5, 0.6) is 0 Å². The molecule has 24 heavy (non-hydrogen) atoms. The number of nitro benzene ring substituents is 3. The molecule has 0 saturated heterocycles. The molecule has 0 unspecified atom stereocenters. The van der Waals surface area contributed by atoms with Crippen molar-refractivity contribution in [2.75, 3.05) is 5.32 Å². The van der Waals surface area contributed by atoms with Crippen molar-refractivity contribution in [2.24, 2.45) is 0 Å². The summed E-state index contributed by atoms with van der Waals surface area (Å²) in [5, 5.41) is 35.1. The van der Waals surface area contributed by atoms with Crippen LogP contribution in [-0.4, -0.2) is 20.7 Å². The molecule has 0 heterocycles. The zero-order chi connectivity index (χ0) is 17.9. The molecule has 2 rings (SSSR count). The first kappa shape index (κ1) is 16.5. The molecule has 11 nitrogen and oxygen atoms in total. The number of anilines is 1. The number of amides is 1. The zero-order valence-corrected chi connectivity index (χ0v) is 11.7. The van der Waals surface area contributed by atoms with E-state index in [1.165, 1.54) is 24.3 Å². The quantitative estimate of drug-likeness (QED) is 0.650. The Labute approximate surface area is 133 Å². The fourth-order valence-corrected chi connectivity index (χ4v) is 1.89. The molecule has 1 amide bonds. The molecule has 0 bridgehead atoms. The molecule has 2 aromatic rings. The molecule has 0 spiro atoms. The highest BCUT2D eigenvalue weighted by Gasteiger charge is 2.31. The second-order valence-electron chi connectivity index (χ2n) is 4.45. The third-order valence-electron chi connectivity index (χ3n) is 2.96. The molecule has 2 aromatic carbocycles. The Hall–Kier alpha value is -3.89. The lowest BCUT2D eigenvalue weighted by Crippen LogP contribution is -2.14. The third kappa shape index (κ3) is 3.30. The lowest BCUT2D eigenvalue weighted by atomic mass is 10.1. The van der Waals surface area contributed by atoms with Gasteiger partial charge in [-0.2, -0.15) is 0 Å². The van der Waals surface area contributed by atoms with Crippen LogP contribution in [0.15, 0.2) is 42.5 Å². The summed E-state index contributed by atoms with van der Waals surface area (Å²) in [6.45, 7) is 0. The summed E-state index contributed by atoms with van der Waals surface area (Å²) >= 11 is 0. The van der Waals surface area contributed by atoms with Crippen LogP contribution in [0.25, 0.3) is 0 Å². The monoisotopic (exact) mass is 332 g/mol. The molecule has 0 aliphatic carbocycles. The van der Waals surface area contributed by atoms with Crippen molar-refractivity contribution < 1.29 is 19.6 Å². The van der Waals surface area contributed by atoms with Gasteiger partial charge in [0.1, 0.15) is 0 Å². The molecular formula is C13H8N4O7. The lowest BCUT2D eigenvalue weighted by molar-refractivity contribution is -0.401. The molecule has 0 aromatic heterocycles. The van der Waals surface area contributed by atoms with E-state index in [-0.39, 0.29) is 5.56 Å². The lowest BCUT2D eigenvalue weighted by Gasteiger charge is -2.07. The normalized spacial score (nSPS) is 10.0. The molecular weight excluding hydrogens is 324 g/mol. The fourth-order valence-electron chi connectivity index (χ4n) is 1.89. The van der Waals surface area contributed by atoms with E-state index in [2.05, 4.69) is 5.32 Å². The molecule has 11 heteroatoms. The summed E-state index contributed by atoms with van der Waals surface area (Å²) in [6, 6.07) is 8.60. The van der Waals surface area contributed by atoms with Gasteiger partial charge in [-0.1, -0.05) is 18.2 Å². The smallest absolute Gasteiger partial charge is 0.306 e. The van der Waals surface area contributed by atoms with Crippen LogP contribution >= 0.6 is 0 Å². The second-order valence-corrected chi connectivity index (χ2v) is 4.45. The molecule has 122 valence electrons. The first-order valence-electron chi connectivity index (χ1n) is 6.29. The highest BCUT2D eigenvalue weighted by molar-refractivity contribution is 6.07. The number of nitrogens with one attached hydrogen (secondary N) is 1. The summed E-state index contributed by atoms with van der Waals surface area (Å²) in [6.07, 6.45) is 0. The van der Waals surface area contributed by atoms with Crippen molar-refractivity contribution in [3.63, 3.8) is 0 Å². The summed E-state index contributed by atoms with van der Waals surface area (Å²) in [7, 11) is 0. The number of rotatable bonds is 5. The van der Waals surface area contributed by atoms with Crippen molar-refractivity contribution in [3.8, 4) is 0 Å². The van der Waals surface area contributed by atoms with Crippen molar-refractivity contribution in [1.29, 1.82) is 0 Å². The van der Waals surface area contributed by atoms with E-state index in [0.29, 0.717) is 12.1 Å². The first-order chi connectivity index (χ1) is 11.3. The van der Waals surface area contributed by atoms with Crippen molar-refractivity contribution in [3.05, 3.63) is 78.4 Å². The van der Waals surface area contributed by atoms with Gasteiger partial charge < -0.3 is 5.32 Å². The number of non-ortho nitro benzene ring substituents is 1. The topological polar surface area (TPSA) is 159 Å². The first-order valence-corrected chi connectivity index (χ1v) is 6.29. The van der Waals surface area contributed by atoms with Gasteiger partial charge in [-0.25, -0.2) is 0 Å². The number of carbonyl (C=O) groups is 1. The summed E-state index contributed by atoms with van der Waals surface area (Å²) in [4.78, 5) is 42.0. The minimum Gasteiger partial charge on any atom is -0.311 e. The zero-order valence-electron chi connectivity index (χ0n) is 11.7. The van der Waals surface area contributed by atoms with E-state index in [1.54, 1.807) is 6.07 Å². The SMILES string of the molecule is O=C(Nc1c([N+](=O)[O-])cc([N+](=O)[O-])cc1[N+](=O)[O-])c1ccccc1. The molecule has 0 saturated carbocycles. The van der Waals surface area contributed by atoms with Crippen LogP contribution in [0.3, 0.4) is 0 Å². The Kier molecular flexibility index (Phi) is 4.45. The Morgan fingerprint density at radius 1 is 0.833 bits per heavy atom. The summed E-state index contributed by atoms with van der Waals surface area (Å²) in [5.41, 5.74) is -3.32. The maximum absolute atomic E-state index is 12.1. The Morgan fingerprint density at radius 2 is 1.33 bits per heavy atom. The predicted molar refractivity (Wildman–Crippen MR) is 80.8 cm³/mol. The maximum atomic E-state index is 12.1. The number of nitrogens with zero attached hydrogens (tertiary/aromatic N) is 3. The highest BCUT2D eigenvalue weighted by atomic mass is 16.6.